The SMILES string of the molecule is O=C(O)c1cc(F)c(F)cc1C(=O)NCCCNC1CC1. The topological polar surface area (TPSA) is 78.4 Å². The molecule has 0 aliphatic heterocycles. The lowest BCUT2D eigenvalue weighted by Gasteiger charge is -2.09. The van der Waals surface area contributed by atoms with Crippen LogP contribution in [0.15, 0.2) is 12.1 Å². The predicted molar refractivity (Wildman–Crippen MR) is 71.3 cm³/mol. The lowest BCUT2D eigenvalue weighted by atomic mass is 10.1. The molecule has 1 saturated carbocycles. The summed E-state index contributed by atoms with van der Waals surface area (Å²) >= 11 is 0. The van der Waals surface area contributed by atoms with E-state index >= 15 is 0 Å². The van der Waals surface area contributed by atoms with Crippen LogP contribution < -0.4 is 10.6 Å². The molecule has 0 unspecified atom stereocenters. The number of hydrogen-bond donors (Lipinski definition) is 3. The molecular formula is C14H16F2N2O3. The van der Waals surface area contributed by atoms with Gasteiger partial charge in [0.15, 0.2) is 11.6 Å². The first-order chi connectivity index (χ1) is 9.99. The summed E-state index contributed by atoms with van der Waals surface area (Å²) in [5.41, 5.74) is -0.931. The highest BCUT2D eigenvalue weighted by Gasteiger charge is 2.21. The van der Waals surface area contributed by atoms with Crippen LogP contribution in [0.3, 0.4) is 0 Å². The number of benzene rings is 1. The number of amides is 1. The van der Waals surface area contributed by atoms with E-state index < -0.39 is 29.1 Å². The monoisotopic (exact) mass is 298 g/mol. The van der Waals surface area contributed by atoms with E-state index in [0.29, 0.717) is 31.1 Å². The van der Waals surface area contributed by atoms with Crippen LogP contribution in [0.5, 0.6) is 0 Å². The molecule has 0 atom stereocenters. The molecule has 1 aromatic rings. The molecule has 114 valence electrons. The van der Waals surface area contributed by atoms with E-state index in [0.717, 1.165) is 6.54 Å². The maximum atomic E-state index is 13.2. The van der Waals surface area contributed by atoms with Crippen LogP contribution in [0.25, 0.3) is 0 Å². The lowest BCUT2D eigenvalue weighted by Crippen LogP contribution is -2.29. The number of halogens is 2. The number of carbonyl (C=O) groups is 2. The van der Waals surface area contributed by atoms with Gasteiger partial charge in [0, 0.05) is 12.6 Å². The van der Waals surface area contributed by atoms with Crippen molar-refractivity contribution in [2.75, 3.05) is 13.1 Å². The number of carboxylic acid groups (broad SMARTS) is 1. The van der Waals surface area contributed by atoms with Crippen molar-refractivity contribution in [3.05, 3.63) is 34.9 Å². The Labute approximate surface area is 120 Å². The van der Waals surface area contributed by atoms with Crippen LogP contribution >= 0.6 is 0 Å². The van der Waals surface area contributed by atoms with E-state index in [1.165, 1.54) is 12.8 Å². The summed E-state index contributed by atoms with van der Waals surface area (Å²) in [7, 11) is 0. The van der Waals surface area contributed by atoms with Gasteiger partial charge in [-0.1, -0.05) is 0 Å². The first-order valence-corrected chi connectivity index (χ1v) is 6.73. The minimum Gasteiger partial charge on any atom is -0.478 e. The second-order valence-corrected chi connectivity index (χ2v) is 4.95. The average molecular weight is 298 g/mol. The summed E-state index contributed by atoms with van der Waals surface area (Å²) in [6.45, 7) is 1.07. The Hall–Kier alpha value is -2.02. The molecule has 1 aliphatic carbocycles. The number of carboxylic acids is 1. The van der Waals surface area contributed by atoms with Crippen LogP contribution in [0.1, 0.15) is 40.0 Å². The van der Waals surface area contributed by atoms with Crippen molar-refractivity contribution in [3.8, 4) is 0 Å². The van der Waals surface area contributed by atoms with Crippen molar-refractivity contribution >= 4 is 11.9 Å². The Morgan fingerprint density at radius 3 is 2.33 bits per heavy atom. The zero-order valence-electron chi connectivity index (χ0n) is 11.3. The van der Waals surface area contributed by atoms with E-state index in [4.69, 9.17) is 5.11 Å². The van der Waals surface area contributed by atoms with E-state index in [1.807, 2.05) is 0 Å². The number of nitrogens with one attached hydrogen (secondary N) is 2. The summed E-state index contributed by atoms with van der Waals surface area (Å²) in [5, 5.41) is 14.7. The van der Waals surface area contributed by atoms with Gasteiger partial charge in [-0.25, -0.2) is 13.6 Å². The molecular weight excluding hydrogens is 282 g/mol. The standard InChI is InChI=1S/C14H16F2N2O3/c15-11-6-9(10(14(20)21)7-12(11)16)13(19)18-5-1-4-17-8-2-3-8/h6-8,17H,1-5H2,(H,18,19)(H,20,21). The highest BCUT2D eigenvalue weighted by atomic mass is 19.2. The van der Waals surface area contributed by atoms with Crippen molar-refractivity contribution in [1.82, 2.24) is 10.6 Å². The fraction of sp³-hybridized carbons (Fsp3) is 0.429. The Balaban J connectivity index is 1.93. The van der Waals surface area contributed by atoms with Gasteiger partial charge in [0.05, 0.1) is 11.1 Å². The second kappa shape index (κ2) is 6.62. The van der Waals surface area contributed by atoms with E-state index in [2.05, 4.69) is 10.6 Å². The van der Waals surface area contributed by atoms with Gasteiger partial charge in [-0.05, 0) is 37.9 Å². The van der Waals surface area contributed by atoms with Crippen LogP contribution in [0, 0.1) is 11.6 Å². The molecule has 0 saturated heterocycles. The van der Waals surface area contributed by atoms with Crippen molar-refractivity contribution in [3.63, 3.8) is 0 Å². The third-order valence-corrected chi connectivity index (χ3v) is 3.18. The third-order valence-electron chi connectivity index (χ3n) is 3.18. The fourth-order valence-electron chi connectivity index (χ4n) is 1.89. The summed E-state index contributed by atoms with van der Waals surface area (Å²) in [5.74, 6) is -4.75. The van der Waals surface area contributed by atoms with Crippen LogP contribution in [0.2, 0.25) is 0 Å². The summed E-state index contributed by atoms with van der Waals surface area (Å²) in [4.78, 5) is 22.8. The van der Waals surface area contributed by atoms with Gasteiger partial charge >= 0.3 is 5.97 Å². The lowest BCUT2D eigenvalue weighted by molar-refractivity contribution is 0.0690. The van der Waals surface area contributed by atoms with Gasteiger partial charge in [-0.15, -0.1) is 0 Å². The minimum absolute atomic E-state index is 0.330. The molecule has 1 aromatic carbocycles. The third kappa shape index (κ3) is 4.22. The number of rotatable bonds is 7. The second-order valence-electron chi connectivity index (χ2n) is 4.95. The number of aromatic carboxylic acids is 1. The first kappa shape index (κ1) is 15.4. The van der Waals surface area contributed by atoms with Gasteiger partial charge in [0.1, 0.15) is 0 Å². The van der Waals surface area contributed by atoms with Gasteiger partial charge in [0.2, 0.25) is 0 Å². The van der Waals surface area contributed by atoms with Gasteiger partial charge in [-0.3, -0.25) is 4.79 Å². The van der Waals surface area contributed by atoms with Crippen molar-refractivity contribution < 1.29 is 23.5 Å². The molecule has 3 N–H and O–H groups in total. The Kier molecular flexibility index (Phi) is 4.85. The molecule has 1 amide bonds. The molecule has 7 heteroatoms. The smallest absolute Gasteiger partial charge is 0.336 e. The van der Waals surface area contributed by atoms with Crippen LogP contribution in [0.4, 0.5) is 8.78 Å². The summed E-state index contributed by atoms with van der Waals surface area (Å²) in [6.07, 6.45) is 3.01. The maximum absolute atomic E-state index is 13.2. The van der Waals surface area contributed by atoms with Crippen molar-refractivity contribution in [1.29, 1.82) is 0 Å². The molecule has 0 aromatic heterocycles. The molecule has 21 heavy (non-hydrogen) atoms. The predicted octanol–water partition coefficient (Wildman–Crippen LogP) is 1.53. The first-order valence-electron chi connectivity index (χ1n) is 6.73. The van der Waals surface area contributed by atoms with Crippen molar-refractivity contribution in [2.24, 2.45) is 0 Å². The molecule has 0 radical (unpaired) electrons. The molecule has 0 bridgehead atoms. The van der Waals surface area contributed by atoms with Crippen LogP contribution in [-0.2, 0) is 0 Å². The minimum atomic E-state index is -1.48. The van der Waals surface area contributed by atoms with Gasteiger partial charge in [0.25, 0.3) is 5.91 Å². The van der Waals surface area contributed by atoms with E-state index in [1.54, 1.807) is 0 Å². The molecule has 1 fully saturated rings. The zero-order chi connectivity index (χ0) is 15.4. The summed E-state index contributed by atoms with van der Waals surface area (Å²) in [6, 6.07) is 1.70. The van der Waals surface area contributed by atoms with Crippen LogP contribution in [-0.4, -0.2) is 36.1 Å². The normalized spacial score (nSPS) is 14.0. The molecule has 0 heterocycles. The average Bonchev–Trinajstić information content (AvgIpc) is 3.24. The highest BCUT2D eigenvalue weighted by molar-refractivity contribution is 6.04. The molecule has 0 spiro atoms. The van der Waals surface area contributed by atoms with Gasteiger partial charge < -0.3 is 15.7 Å². The largest absolute Gasteiger partial charge is 0.478 e. The molecule has 2 rings (SSSR count). The van der Waals surface area contributed by atoms with E-state index in [9.17, 15) is 18.4 Å². The quantitative estimate of drug-likeness (QED) is 0.667. The van der Waals surface area contributed by atoms with E-state index in [-0.39, 0.29) is 5.56 Å². The Bertz CT molecular complexity index is 559. The zero-order valence-corrected chi connectivity index (χ0v) is 11.3. The fourth-order valence-corrected chi connectivity index (χ4v) is 1.89. The number of hydrogen-bond acceptors (Lipinski definition) is 3. The number of carbonyl (C=O) groups excluding carboxylic acids is 1. The highest BCUT2D eigenvalue weighted by Crippen LogP contribution is 2.18. The Morgan fingerprint density at radius 1 is 1.14 bits per heavy atom. The Morgan fingerprint density at radius 2 is 1.76 bits per heavy atom. The van der Waals surface area contributed by atoms with Gasteiger partial charge in [-0.2, -0.15) is 0 Å². The molecule has 5 nitrogen and oxygen atoms in total. The summed E-state index contributed by atoms with van der Waals surface area (Å²) < 4.78 is 26.2. The maximum Gasteiger partial charge on any atom is 0.336 e. The molecule has 1 aliphatic rings. The van der Waals surface area contributed by atoms with Crippen molar-refractivity contribution in [2.45, 2.75) is 25.3 Å².